The van der Waals surface area contributed by atoms with Gasteiger partial charge in [-0.05, 0) is 38.3 Å². The van der Waals surface area contributed by atoms with Crippen LogP contribution in [0, 0.1) is 26.7 Å². The normalized spacial score (nSPS) is 11.0. The maximum absolute atomic E-state index is 12.2. The molecule has 1 heterocycles. The Bertz CT molecular complexity index is 694. The number of hydrogen-bond acceptors (Lipinski definition) is 4. The van der Waals surface area contributed by atoms with Gasteiger partial charge < -0.3 is 9.88 Å². The minimum Gasteiger partial charge on any atom is -0.325 e. The van der Waals surface area contributed by atoms with E-state index in [0.717, 1.165) is 28.8 Å². The van der Waals surface area contributed by atoms with Gasteiger partial charge in [-0.25, -0.2) is 0 Å². The first kappa shape index (κ1) is 17.5. The van der Waals surface area contributed by atoms with Gasteiger partial charge in [0, 0.05) is 12.2 Å². The van der Waals surface area contributed by atoms with Crippen LogP contribution >= 0.6 is 11.8 Å². The van der Waals surface area contributed by atoms with Crippen LogP contribution in [0.1, 0.15) is 30.8 Å². The van der Waals surface area contributed by atoms with Crippen molar-refractivity contribution in [2.24, 2.45) is 5.92 Å². The molecule has 0 fully saturated rings. The van der Waals surface area contributed by atoms with Crippen LogP contribution in [-0.2, 0) is 11.3 Å². The first-order chi connectivity index (χ1) is 10.9. The van der Waals surface area contributed by atoms with E-state index in [-0.39, 0.29) is 5.91 Å². The Morgan fingerprint density at radius 3 is 2.65 bits per heavy atom. The SMILES string of the molecule is Cc1ccc(NC(=O)CSc2nnc(C)n2CC(C)C)c(C)c1. The van der Waals surface area contributed by atoms with Crippen molar-refractivity contribution < 1.29 is 4.79 Å². The summed E-state index contributed by atoms with van der Waals surface area (Å²) in [5.74, 6) is 1.69. The van der Waals surface area contributed by atoms with Crippen molar-refractivity contribution in [3.63, 3.8) is 0 Å². The van der Waals surface area contributed by atoms with Crippen LogP contribution in [0.5, 0.6) is 0 Å². The number of aromatic nitrogens is 3. The Kier molecular flexibility index (Phi) is 5.82. The molecule has 2 rings (SSSR count). The molecule has 0 aliphatic rings. The van der Waals surface area contributed by atoms with Gasteiger partial charge in [-0.2, -0.15) is 0 Å². The molecular formula is C17H24N4OS. The molecule has 1 N–H and O–H groups in total. The molecule has 1 aromatic carbocycles. The molecular weight excluding hydrogens is 308 g/mol. The van der Waals surface area contributed by atoms with E-state index < -0.39 is 0 Å². The molecule has 2 aromatic rings. The lowest BCUT2D eigenvalue weighted by molar-refractivity contribution is -0.113. The Balaban J connectivity index is 1.97. The molecule has 0 bridgehead atoms. The van der Waals surface area contributed by atoms with Gasteiger partial charge >= 0.3 is 0 Å². The maximum Gasteiger partial charge on any atom is 0.234 e. The van der Waals surface area contributed by atoms with Gasteiger partial charge in [0.2, 0.25) is 5.91 Å². The molecule has 0 spiro atoms. The number of carbonyl (C=O) groups excluding carboxylic acids is 1. The van der Waals surface area contributed by atoms with Crippen molar-refractivity contribution in [2.75, 3.05) is 11.1 Å². The number of carbonyl (C=O) groups is 1. The molecule has 0 saturated heterocycles. The van der Waals surface area contributed by atoms with Crippen LogP contribution in [0.15, 0.2) is 23.4 Å². The standard InChI is InChI=1S/C17H24N4OS/c1-11(2)9-21-14(5)19-20-17(21)23-10-16(22)18-15-7-6-12(3)8-13(15)4/h6-8,11H,9-10H2,1-5H3,(H,18,22). The monoisotopic (exact) mass is 332 g/mol. The zero-order valence-corrected chi connectivity index (χ0v) is 15.2. The first-order valence-corrected chi connectivity index (χ1v) is 8.75. The molecule has 0 aliphatic carbocycles. The average molecular weight is 332 g/mol. The van der Waals surface area contributed by atoms with Gasteiger partial charge in [-0.1, -0.05) is 43.3 Å². The summed E-state index contributed by atoms with van der Waals surface area (Å²) in [6, 6.07) is 6.00. The second-order valence-corrected chi connectivity index (χ2v) is 7.13. The predicted octanol–water partition coefficient (Wildman–Crippen LogP) is 3.59. The Hall–Kier alpha value is -1.82. The minimum absolute atomic E-state index is 0.0290. The van der Waals surface area contributed by atoms with Gasteiger partial charge in [0.1, 0.15) is 5.82 Å². The second-order valence-electron chi connectivity index (χ2n) is 6.19. The fraction of sp³-hybridized carbons (Fsp3) is 0.471. The van der Waals surface area contributed by atoms with Crippen LogP contribution in [0.25, 0.3) is 0 Å². The zero-order chi connectivity index (χ0) is 17.0. The van der Waals surface area contributed by atoms with Crippen molar-refractivity contribution in [3.8, 4) is 0 Å². The van der Waals surface area contributed by atoms with E-state index in [0.29, 0.717) is 11.7 Å². The van der Waals surface area contributed by atoms with Crippen LogP contribution in [0.4, 0.5) is 5.69 Å². The van der Waals surface area contributed by atoms with Crippen LogP contribution < -0.4 is 5.32 Å². The number of amides is 1. The summed E-state index contributed by atoms with van der Waals surface area (Å²) in [6.07, 6.45) is 0. The van der Waals surface area contributed by atoms with Crippen LogP contribution in [-0.4, -0.2) is 26.4 Å². The largest absolute Gasteiger partial charge is 0.325 e. The van der Waals surface area contributed by atoms with E-state index >= 15 is 0 Å². The number of hydrogen-bond donors (Lipinski definition) is 1. The number of anilines is 1. The molecule has 5 nitrogen and oxygen atoms in total. The maximum atomic E-state index is 12.2. The molecule has 124 valence electrons. The Morgan fingerprint density at radius 1 is 1.26 bits per heavy atom. The molecule has 6 heteroatoms. The molecule has 0 radical (unpaired) electrons. The van der Waals surface area contributed by atoms with Crippen molar-refractivity contribution in [1.29, 1.82) is 0 Å². The van der Waals surface area contributed by atoms with E-state index in [4.69, 9.17) is 0 Å². The third-order valence-electron chi connectivity index (χ3n) is 3.44. The molecule has 0 atom stereocenters. The fourth-order valence-electron chi connectivity index (χ4n) is 2.31. The van der Waals surface area contributed by atoms with E-state index in [2.05, 4.69) is 40.0 Å². The molecule has 0 aliphatic heterocycles. The van der Waals surface area contributed by atoms with E-state index in [1.165, 1.54) is 17.3 Å². The van der Waals surface area contributed by atoms with Gasteiger partial charge in [-0.3, -0.25) is 4.79 Å². The summed E-state index contributed by atoms with van der Waals surface area (Å²) in [6.45, 7) is 11.1. The molecule has 1 aromatic heterocycles. The van der Waals surface area contributed by atoms with Crippen molar-refractivity contribution in [2.45, 2.75) is 46.3 Å². The number of thioether (sulfide) groups is 1. The number of nitrogens with one attached hydrogen (secondary N) is 1. The van der Waals surface area contributed by atoms with Crippen LogP contribution in [0.2, 0.25) is 0 Å². The van der Waals surface area contributed by atoms with Gasteiger partial charge in [0.05, 0.1) is 5.75 Å². The Labute approximate surface area is 141 Å². The third kappa shape index (κ3) is 4.82. The summed E-state index contributed by atoms with van der Waals surface area (Å²) in [5, 5.41) is 12.0. The van der Waals surface area contributed by atoms with E-state index in [1.54, 1.807) is 0 Å². The summed E-state index contributed by atoms with van der Waals surface area (Å²) in [4.78, 5) is 12.2. The van der Waals surface area contributed by atoms with Gasteiger partial charge in [0.15, 0.2) is 5.16 Å². The smallest absolute Gasteiger partial charge is 0.234 e. The lowest BCUT2D eigenvalue weighted by Gasteiger charge is -2.11. The number of rotatable bonds is 6. The van der Waals surface area contributed by atoms with E-state index in [1.807, 2.05) is 32.9 Å². The highest BCUT2D eigenvalue weighted by molar-refractivity contribution is 7.99. The lowest BCUT2D eigenvalue weighted by atomic mass is 10.1. The van der Waals surface area contributed by atoms with Crippen LogP contribution in [0.3, 0.4) is 0 Å². The quantitative estimate of drug-likeness (QED) is 0.821. The highest BCUT2D eigenvalue weighted by atomic mass is 32.2. The summed E-state index contributed by atoms with van der Waals surface area (Å²) < 4.78 is 2.07. The summed E-state index contributed by atoms with van der Waals surface area (Å²) in [7, 11) is 0. The third-order valence-corrected chi connectivity index (χ3v) is 4.40. The number of benzene rings is 1. The number of nitrogens with zero attached hydrogens (tertiary/aromatic N) is 3. The van der Waals surface area contributed by atoms with Crippen molar-refractivity contribution in [1.82, 2.24) is 14.8 Å². The van der Waals surface area contributed by atoms with Crippen molar-refractivity contribution in [3.05, 3.63) is 35.2 Å². The highest BCUT2D eigenvalue weighted by Crippen LogP contribution is 2.20. The fourth-order valence-corrected chi connectivity index (χ4v) is 3.11. The minimum atomic E-state index is -0.0290. The predicted molar refractivity (Wildman–Crippen MR) is 94.9 cm³/mol. The highest BCUT2D eigenvalue weighted by Gasteiger charge is 2.13. The molecule has 23 heavy (non-hydrogen) atoms. The molecule has 1 amide bonds. The summed E-state index contributed by atoms with van der Waals surface area (Å²) >= 11 is 1.42. The zero-order valence-electron chi connectivity index (χ0n) is 14.4. The molecule has 0 saturated carbocycles. The molecule has 0 unspecified atom stereocenters. The van der Waals surface area contributed by atoms with Crippen molar-refractivity contribution >= 4 is 23.4 Å². The second kappa shape index (κ2) is 7.64. The Morgan fingerprint density at radius 2 is 2.00 bits per heavy atom. The van der Waals surface area contributed by atoms with Gasteiger partial charge in [-0.15, -0.1) is 10.2 Å². The lowest BCUT2D eigenvalue weighted by Crippen LogP contribution is -2.16. The summed E-state index contributed by atoms with van der Waals surface area (Å²) in [5.41, 5.74) is 3.12. The van der Waals surface area contributed by atoms with E-state index in [9.17, 15) is 4.79 Å². The van der Waals surface area contributed by atoms with Gasteiger partial charge in [0.25, 0.3) is 0 Å². The number of aryl methyl sites for hydroxylation is 3. The average Bonchev–Trinajstić information content (AvgIpc) is 2.80. The topological polar surface area (TPSA) is 59.8 Å². The first-order valence-electron chi connectivity index (χ1n) is 7.76.